The molecule has 0 bridgehead atoms. The summed E-state index contributed by atoms with van der Waals surface area (Å²) < 4.78 is 1.68. The van der Waals surface area contributed by atoms with E-state index in [-0.39, 0.29) is 0 Å². The number of aliphatic hydroxyl groups excluding tert-OH is 1. The topological polar surface area (TPSA) is 63.8 Å². The molecule has 2 aromatic heterocycles. The maximum Gasteiger partial charge on any atom is 0.138 e. The Hall–Kier alpha value is -1.27. The lowest BCUT2D eigenvalue weighted by Gasteiger charge is -2.07. The second kappa shape index (κ2) is 4.71. The van der Waals surface area contributed by atoms with Crippen LogP contribution in [-0.2, 0) is 19.9 Å². The van der Waals surface area contributed by atoms with Gasteiger partial charge in [0.05, 0.1) is 11.1 Å². The lowest BCUT2D eigenvalue weighted by molar-refractivity contribution is 0.171. The molecule has 2 aromatic rings. The molecule has 1 unspecified atom stereocenters. The van der Waals surface area contributed by atoms with E-state index in [1.807, 2.05) is 19.4 Å². The Balaban J connectivity index is 1.94. The molecule has 0 saturated carbocycles. The molecule has 0 aliphatic heterocycles. The summed E-state index contributed by atoms with van der Waals surface area (Å²) in [6.07, 6.45) is 2.13. The van der Waals surface area contributed by atoms with Crippen LogP contribution in [0.3, 0.4) is 0 Å². The van der Waals surface area contributed by atoms with Gasteiger partial charge < -0.3 is 5.11 Å². The van der Waals surface area contributed by atoms with E-state index in [1.165, 1.54) is 6.33 Å². The number of nitrogens with zero attached hydrogens (tertiary/aromatic N) is 4. The van der Waals surface area contributed by atoms with Crippen LogP contribution in [0, 0.1) is 6.92 Å². The van der Waals surface area contributed by atoms with Gasteiger partial charge in [-0.1, -0.05) is 0 Å². The van der Waals surface area contributed by atoms with Gasteiger partial charge in [-0.15, -0.1) is 11.3 Å². The number of thiazole rings is 1. The zero-order chi connectivity index (χ0) is 11.5. The number of hydrogen-bond acceptors (Lipinski definition) is 5. The van der Waals surface area contributed by atoms with Crippen molar-refractivity contribution in [1.29, 1.82) is 0 Å². The van der Waals surface area contributed by atoms with E-state index in [4.69, 9.17) is 0 Å². The van der Waals surface area contributed by atoms with Crippen molar-refractivity contribution in [2.24, 2.45) is 7.05 Å². The lowest BCUT2D eigenvalue weighted by atomic mass is 10.2. The van der Waals surface area contributed by atoms with Crippen molar-refractivity contribution < 1.29 is 5.11 Å². The number of rotatable bonds is 4. The first kappa shape index (κ1) is 11.2. The fourth-order valence-electron chi connectivity index (χ4n) is 1.49. The zero-order valence-electron chi connectivity index (χ0n) is 9.29. The van der Waals surface area contributed by atoms with E-state index < -0.39 is 6.10 Å². The van der Waals surface area contributed by atoms with Gasteiger partial charge in [-0.25, -0.2) is 9.97 Å². The summed E-state index contributed by atoms with van der Waals surface area (Å²) in [5, 5.41) is 16.8. The van der Waals surface area contributed by atoms with Gasteiger partial charge in [-0.2, -0.15) is 5.10 Å². The predicted molar refractivity (Wildman–Crippen MR) is 61.3 cm³/mol. The minimum Gasteiger partial charge on any atom is -0.392 e. The van der Waals surface area contributed by atoms with E-state index in [0.29, 0.717) is 12.8 Å². The van der Waals surface area contributed by atoms with E-state index in [1.54, 1.807) is 16.0 Å². The first-order valence-electron chi connectivity index (χ1n) is 5.07. The highest BCUT2D eigenvalue weighted by molar-refractivity contribution is 7.09. The summed E-state index contributed by atoms with van der Waals surface area (Å²) >= 11 is 1.58. The van der Waals surface area contributed by atoms with Crippen LogP contribution >= 0.6 is 11.3 Å². The summed E-state index contributed by atoms with van der Waals surface area (Å²) in [6.45, 7) is 1.95. The average Bonchev–Trinajstić information content (AvgIpc) is 2.77. The molecule has 0 radical (unpaired) electrons. The van der Waals surface area contributed by atoms with Crippen molar-refractivity contribution in [1.82, 2.24) is 19.7 Å². The fraction of sp³-hybridized carbons (Fsp3) is 0.500. The summed E-state index contributed by atoms with van der Waals surface area (Å²) in [7, 11) is 1.82. The molecular weight excluding hydrogens is 224 g/mol. The van der Waals surface area contributed by atoms with Crippen molar-refractivity contribution in [2.45, 2.75) is 25.9 Å². The Morgan fingerprint density at radius 3 is 2.88 bits per heavy atom. The Bertz CT molecular complexity index is 465. The molecule has 0 aromatic carbocycles. The monoisotopic (exact) mass is 238 g/mol. The molecule has 0 aliphatic carbocycles. The largest absolute Gasteiger partial charge is 0.392 e. The van der Waals surface area contributed by atoms with Crippen molar-refractivity contribution in [3.63, 3.8) is 0 Å². The quantitative estimate of drug-likeness (QED) is 0.852. The Labute approximate surface area is 97.8 Å². The van der Waals surface area contributed by atoms with Crippen molar-refractivity contribution in [3.05, 3.63) is 28.2 Å². The average molecular weight is 238 g/mol. The van der Waals surface area contributed by atoms with E-state index in [2.05, 4.69) is 15.1 Å². The minimum atomic E-state index is -0.451. The van der Waals surface area contributed by atoms with Gasteiger partial charge in [-0.05, 0) is 6.92 Å². The van der Waals surface area contributed by atoms with Crippen LogP contribution in [0.1, 0.15) is 16.5 Å². The molecule has 86 valence electrons. The third kappa shape index (κ3) is 2.65. The second-order valence-electron chi connectivity index (χ2n) is 3.74. The molecule has 2 heterocycles. The van der Waals surface area contributed by atoms with E-state index in [9.17, 15) is 5.11 Å². The van der Waals surface area contributed by atoms with E-state index >= 15 is 0 Å². The van der Waals surface area contributed by atoms with Crippen LogP contribution in [0.2, 0.25) is 0 Å². The Kier molecular flexibility index (Phi) is 3.31. The third-order valence-electron chi connectivity index (χ3n) is 2.30. The Morgan fingerprint density at radius 2 is 2.31 bits per heavy atom. The van der Waals surface area contributed by atoms with Crippen molar-refractivity contribution in [2.75, 3.05) is 0 Å². The van der Waals surface area contributed by atoms with Crippen molar-refractivity contribution in [3.8, 4) is 0 Å². The van der Waals surface area contributed by atoms with Gasteiger partial charge in [0.2, 0.25) is 0 Å². The van der Waals surface area contributed by atoms with Crippen LogP contribution in [-0.4, -0.2) is 31.0 Å². The molecule has 0 saturated heterocycles. The maximum atomic E-state index is 9.89. The van der Waals surface area contributed by atoms with Crippen LogP contribution < -0.4 is 0 Å². The SMILES string of the molecule is Cc1csc(CC(O)Cc2ncnn2C)n1. The van der Waals surface area contributed by atoms with Crippen LogP contribution in [0.25, 0.3) is 0 Å². The highest BCUT2D eigenvalue weighted by Crippen LogP contribution is 2.12. The summed E-state index contributed by atoms with van der Waals surface area (Å²) in [5.41, 5.74) is 1.01. The van der Waals surface area contributed by atoms with Crippen LogP contribution in [0.15, 0.2) is 11.7 Å². The standard InChI is InChI=1S/C10H14N4OS/c1-7-5-16-10(13-7)4-8(15)3-9-11-6-12-14(9)2/h5-6,8,15H,3-4H2,1-2H3. The summed E-state index contributed by atoms with van der Waals surface area (Å²) in [5.74, 6) is 0.792. The maximum absolute atomic E-state index is 9.89. The molecule has 16 heavy (non-hydrogen) atoms. The molecule has 1 atom stereocenters. The first-order chi connectivity index (χ1) is 7.65. The number of hydrogen-bond donors (Lipinski definition) is 1. The molecule has 6 heteroatoms. The van der Waals surface area contributed by atoms with Gasteiger partial charge in [0.25, 0.3) is 0 Å². The fourth-order valence-corrected chi connectivity index (χ4v) is 2.33. The molecule has 2 rings (SSSR count). The molecule has 5 nitrogen and oxygen atoms in total. The predicted octanol–water partition coefficient (Wildman–Crippen LogP) is 0.726. The molecule has 1 N–H and O–H groups in total. The minimum absolute atomic E-state index is 0.451. The molecule has 0 amide bonds. The van der Waals surface area contributed by atoms with Crippen LogP contribution in [0.5, 0.6) is 0 Å². The first-order valence-corrected chi connectivity index (χ1v) is 5.95. The second-order valence-corrected chi connectivity index (χ2v) is 4.69. The summed E-state index contributed by atoms with van der Waals surface area (Å²) in [4.78, 5) is 8.40. The lowest BCUT2D eigenvalue weighted by Crippen LogP contribution is -2.16. The van der Waals surface area contributed by atoms with Gasteiger partial charge >= 0.3 is 0 Å². The highest BCUT2D eigenvalue weighted by Gasteiger charge is 2.12. The molecule has 0 fully saturated rings. The molecule has 0 aliphatic rings. The number of aryl methyl sites for hydroxylation is 2. The smallest absolute Gasteiger partial charge is 0.138 e. The summed E-state index contributed by atoms with van der Waals surface area (Å²) in [6, 6.07) is 0. The Morgan fingerprint density at radius 1 is 1.50 bits per heavy atom. The van der Waals surface area contributed by atoms with Crippen LogP contribution in [0.4, 0.5) is 0 Å². The molecular formula is C10H14N4OS. The van der Waals surface area contributed by atoms with E-state index in [0.717, 1.165) is 16.5 Å². The highest BCUT2D eigenvalue weighted by atomic mass is 32.1. The number of aliphatic hydroxyl groups is 1. The van der Waals surface area contributed by atoms with Gasteiger partial charge in [0.15, 0.2) is 0 Å². The number of aromatic nitrogens is 4. The van der Waals surface area contributed by atoms with Gasteiger partial charge in [0.1, 0.15) is 12.2 Å². The third-order valence-corrected chi connectivity index (χ3v) is 3.29. The zero-order valence-corrected chi connectivity index (χ0v) is 10.1. The van der Waals surface area contributed by atoms with Gasteiger partial charge in [-0.3, -0.25) is 4.68 Å². The molecule has 0 spiro atoms. The van der Waals surface area contributed by atoms with Gasteiger partial charge in [0, 0.05) is 31.0 Å². The van der Waals surface area contributed by atoms with Crippen molar-refractivity contribution >= 4 is 11.3 Å². The normalized spacial score (nSPS) is 12.9.